The molecule has 0 aliphatic heterocycles. The van der Waals surface area contributed by atoms with Gasteiger partial charge in [0.1, 0.15) is 11.1 Å². The molecule has 0 saturated carbocycles. The molecule has 6 nitrogen and oxygen atoms in total. The van der Waals surface area contributed by atoms with Gasteiger partial charge in [0.05, 0.1) is 0 Å². The fraction of sp³-hybridized carbons (Fsp3) is 0.500. The number of fused-ring (bicyclic) bond motifs is 1. The van der Waals surface area contributed by atoms with E-state index in [1.54, 1.807) is 41.7 Å². The van der Waals surface area contributed by atoms with Crippen molar-refractivity contribution in [3.63, 3.8) is 0 Å². The minimum Gasteiger partial charge on any atom is -0.348 e. The molecule has 1 amide bonds. The molecule has 0 fully saturated rings. The predicted octanol–water partition coefficient (Wildman–Crippen LogP) is 4.36. The zero-order valence-corrected chi connectivity index (χ0v) is 19.1. The molecule has 0 spiro atoms. The van der Waals surface area contributed by atoms with Gasteiger partial charge in [0.2, 0.25) is 0 Å². The first-order valence-corrected chi connectivity index (χ1v) is 11.7. The summed E-state index contributed by atoms with van der Waals surface area (Å²) in [5.41, 5.74) is 0.0771. The number of rotatable bonds is 10. The summed E-state index contributed by atoms with van der Waals surface area (Å²) in [6.07, 6.45) is -4.71. The highest BCUT2D eigenvalue weighted by atomic mass is 32.2. The molecule has 0 saturated heterocycles. The van der Waals surface area contributed by atoms with Crippen LogP contribution in [-0.2, 0) is 19.1 Å². The van der Waals surface area contributed by atoms with E-state index < -0.39 is 35.0 Å². The van der Waals surface area contributed by atoms with Gasteiger partial charge in [0.15, 0.2) is 0 Å². The topological polar surface area (TPSA) is 84.5 Å². The number of benzene rings is 2. The third-order valence-corrected chi connectivity index (χ3v) is 6.07. The van der Waals surface area contributed by atoms with Crippen molar-refractivity contribution >= 4 is 26.8 Å². The zero-order valence-electron chi connectivity index (χ0n) is 18.3. The first-order chi connectivity index (χ1) is 14.8. The van der Waals surface area contributed by atoms with E-state index in [2.05, 4.69) is 26.1 Å². The number of carbonyl (C=O) groups excluding carboxylic acids is 1. The van der Waals surface area contributed by atoms with Crippen LogP contribution in [0.5, 0.6) is 0 Å². The molecule has 0 aromatic heterocycles. The minimum atomic E-state index is -5.01. The van der Waals surface area contributed by atoms with Crippen molar-refractivity contribution in [2.24, 2.45) is 5.41 Å². The molecule has 1 atom stereocenters. The molecule has 0 aliphatic rings. The summed E-state index contributed by atoms with van der Waals surface area (Å²) in [4.78, 5) is 11.0. The van der Waals surface area contributed by atoms with Gasteiger partial charge in [0.25, 0.3) is 10.1 Å². The summed E-state index contributed by atoms with van der Waals surface area (Å²) in [6, 6.07) is 11.7. The third-order valence-electron chi connectivity index (χ3n) is 4.69. The molecule has 0 bridgehead atoms. The molecule has 2 N–H and O–H groups in total. The summed E-state index contributed by atoms with van der Waals surface area (Å²) in [7, 11) is -4.23. The quantitative estimate of drug-likeness (QED) is 0.304. The summed E-state index contributed by atoms with van der Waals surface area (Å²) in [6.45, 7) is 6.20. The first-order valence-electron chi connectivity index (χ1n) is 10.3. The molecule has 0 unspecified atom stereocenters. The fourth-order valence-electron chi connectivity index (χ4n) is 3.10. The lowest BCUT2D eigenvalue weighted by atomic mass is 9.91. The van der Waals surface area contributed by atoms with E-state index >= 15 is 0 Å². The Morgan fingerprint density at radius 2 is 1.69 bits per heavy atom. The summed E-state index contributed by atoms with van der Waals surface area (Å²) >= 11 is 0. The normalized spacial score (nSPS) is 13.8. The lowest BCUT2D eigenvalue weighted by Gasteiger charge is -2.22. The van der Waals surface area contributed by atoms with Gasteiger partial charge in [-0.25, -0.2) is 4.18 Å². The van der Waals surface area contributed by atoms with Crippen LogP contribution in [0.4, 0.5) is 13.2 Å². The second kappa shape index (κ2) is 10.6. The summed E-state index contributed by atoms with van der Waals surface area (Å²) < 4.78 is 68.6. The maximum Gasteiger partial charge on any atom is 0.471 e. The van der Waals surface area contributed by atoms with Crippen LogP contribution in [-0.4, -0.2) is 39.8 Å². The van der Waals surface area contributed by atoms with Crippen LogP contribution in [0.1, 0.15) is 40.0 Å². The molecular formula is C22H29F3N2O4S. The predicted molar refractivity (Wildman–Crippen MR) is 116 cm³/mol. The molecular weight excluding hydrogens is 445 g/mol. The van der Waals surface area contributed by atoms with Gasteiger partial charge in [-0.15, -0.1) is 0 Å². The number of hydrogen-bond acceptors (Lipinski definition) is 5. The SMILES string of the molecule is CC(C)(C)CCCN[C@@H](CCNC(=O)C(F)(F)F)OS(=O)(=O)c1cccc2ccccc12. The second-order valence-electron chi connectivity index (χ2n) is 8.68. The number of hydrogen-bond donors (Lipinski definition) is 2. The first kappa shape index (κ1) is 26.1. The van der Waals surface area contributed by atoms with Crippen molar-refractivity contribution in [3.05, 3.63) is 42.5 Å². The Morgan fingerprint density at radius 3 is 2.34 bits per heavy atom. The Morgan fingerprint density at radius 1 is 1.03 bits per heavy atom. The van der Waals surface area contributed by atoms with Gasteiger partial charge >= 0.3 is 12.1 Å². The van der Waals surface area contributed by atoms with Gasteiger partial charge in [0, 0.05) is 18.4 Å². The Bertz CT molecular complexity index is 1010. The monoisotopic (exact) mass is 474 g/mol. The van der Waals surface area contributed by atoms with Crippen molar-refractivity contribution in [2.45, 2.75) is 57.3 Å². The molecule has 32 heavy (non-hydrogen) atoms. The van der Waals surface area contributed by atoms with Crippen LogP contribution in [0.2, 0.25) is 0 Å². The van der Waals surface area contributed by atoms with E-state index in [-0.39, 0.29) is 16.7 Å². The van der Waals surface area contributed by atoms with Gasteiger partial charge in [-0.3, -0.25) is 10.1 Å². The Labute approximate surface area is 186 Å². The van der Waals surface area contributed by atoms with Crippen LogP contribution in [0.25, 0.3) is 10.8 Å². The van der Waals surface area contributed by atoms with Crippen LogP contribution < -0.4 is 10.6 Å². The van der Waals surface area contributed by atoms with E-state index in [1.165, 1.54) is 6.07 Å². The summed E-state index contributed by atoms with van der Waals surface area (Å²) in [5.74, 6) is -2.08. The molecule has 0 aliphatic carbocycles. The zero-order chi connectivity index (χ0) is 24.0. The number of amides is 1. The molecule has 2 aromatic carbocycles. The Kier molecular flexibility index (Phi) is 8.67. The molecule has 0 heterocycles. The highest BCUT2D eigenvalue weighted by Gasteiger charge is 2.38. The van der Waals surface area contributed by atoms with E-state index in [0.717, 1.165) is 6.42 Å². The number of nitrogens with one attached hydrogen (secondary N) is 2. The average molecular weight is 475 g/mol. The highest BCUT2D eigenvalue weighted by molar-refractivity contribution is 7.87. The number of halogens is 3. The van der Waals surface area contributed by atoms with Gasteiger partial charge in [-0.2, -0.15) is 21.6 Å². The minimum absolute atomic E-state index is 0.0311. The van der Waals surface area contributed by atoms with E-state index in [9.17, 15) is 26.4 Å². The van der Waals surface area contributed by atoms with Crippen molar-refractivity contribution < 1.29 is 30.6 Å². The molecule has 2 aromatic rings. The van der Waals surface area contributed by atoms with Crippen molar-refractivity contribution in [3.8, 4) is 0 Å². The standard InChI is InChI=1S/C22H29F3N2O4S/c1-21(2,3)13-7-14-26-19(12-15-27-20(28)22(23,24)25)31-32(29,30)18-11-6-9-16-8-4-5-10-17(16)18/h4-6,8-11,19,26H,7,12-15H2,1-3H3,(H,27,28)/t19-/m1/s1. The van der Waals surface area contributed by atoms with E-state index in [0.29, 0.717) is 23.7 Å². The molecule has 0 radical (unpaired) electrons. The lowest BCUT2D eigenvalue weighted by Crippen LogP contribution is -2.41. The van der Waals surface area contributed by atoms with E-state index in [1.807, 2.05) is 0 Å². The largest absolute Gasteiger partial charge is 0.471 e. The fourth-order valence-corrected chi connectivity index (χ4v) is 4.38. The van der Waals surface area contributed by atoms with Crippen LogP contribution in [0.3, 0.4) is 0 Å². The van der Waals surface area contributed by atoms with Crippen molar-refractivity contribution in [2.75, 3.05) is 13.1 Å². The second-order valence-corrected chi connectivity index (χ2v) is 10.2. The smallest absolute Gasteiger partial charge is 0.348 e. The number of alkyl halides is 3. The Balaban J connectivity index is 2.13. The van der Waals surface area contributed by atoms with Crippen LogP contribution in [0.15, 0.2) is 47.4 Å². The number of carbonyl (C=O) groups is 1. The van der Waals surface area contributed by atoms with Gasteiger partial charge in [-0.1, -0.05) is 57.2 Å². The maximum atomic E-state index is 13.0. The highest BCUT2D eigenvalue weighted by Crippen LogP contribution is 2.25. The van der Waals surface area contributed by atoms with Gasteiger partial charge in [-0.05, 0) is 36.3 Å². The maximum absolute atomic E-state index is 13.0. The average Bonchev–Trinajstić information content (AvgIpc) is 2.68. The lowest BCUT2D eigenvalue weighted by molar-refractivity contribution is -0.173. The van der Waals surface area contributed by atoms with Crippen molar-refractivity contribution in [1.29, 1.82) is 0 Å². The van der Waals surface area contributed by atoms with Crippen molar-refractivity contribution in [1.82, 2.24) is 10.6 Å². The van der Waals surface area contributed by atoms with Crippen LogP contribution >= 0.6 is 0 Å². The molecule has 10 heteroatoms. The van der Waals surface area contributed by atoms with Gasteiger partial charge < -0.3 is 5.32 Å². The van der Waals surface area contributed by atoms with E-state index in [4.69, 9.17) is 4.18 Å². The molecule has 178 valence electrons. The third kappa shape index (κ3) is 8.07. The van der Waals surface area contributed by atoms with Crippen LogP contribution in [0, 0.1) is 5.41 Å². The Hall–Kier alpha value is -2.17. The summed E-state index contributed by atoms with van der Waals surface area (Å²) in [5, 5.41) is 5.88. The molecule has 2 rings (SSSR count).